The lowest BCUT2D eigenvalue weighted by Gasteiger charge is -2.11. The van der Waals surface area contributed by atoms with E-state index in [9.17, 15) is 4.79 Å². The summed E-state index contributed by atoms with van der Waals surface area (Å²) in [4.78, 5) is 11.4. The number of rotatable bonds is 5. The minimum atomic E-state index is -0.582. The van der Waals surface area contributed by atoms with Crippen LogP contribution < -0.4 is 11.1 Å². The van der Waals surface area contributed by atoms with Crippen LogP contribution in [0.1, 0.15) is 27.0 Å². The normalized spacial score (nSPS) is 10.4. The van der Waals surface area contributed by atoms with Gasteiger partial charge in [-0.3, -0.25) is 4.79 Å². The highest BCUT2D eigenvalue weighted by molar-refractivity contribution is 6.29. The van der Waals surface area contributed by atoms with Gasteiger partial charge in [0.2, 0.25) is 0 Å². The van der Waals surface area contributed by atoms with E-state index >= 15 is 0 Å². The van der Waals surface area contributed by atoms with Crippen LogP contribution >= 0.6 is 11.6 Å². The van der Waals surface area contributed by atoms with E-state index in [-0.39, 0.29) is 10.7 Å². The number of nitrogens with two attached hydrogens (primary N) is 1. The molecule has 0 saturated heterocycles. The monoisotopic (exact) mass is 304 g/mol. The van der Waals surface area contributed by atoms with E-state index in [4.69, 9.17) is 17.3 Å². The van der Waals surface area contributed by atoms with Gasteiger partial charge in [0.25, 0.3) is 5.91 Å². The van der Waals surface area contributed by atoms with Crippen molar-refractivity contribution in [3.8, 4) is 0 Å². The van der Waals surface area contributed by atoms with Crippen LogP contribution in [0.25, 0.3) is 0 Å². The van der Waals surface area contributed by atoms with Crippen molar-refractivity contribution in [3.63, 3.8) is 0 Å². The van der Waals surface area contributed by atoms with Gasteiger partial charge in [-0.2, -0.15) is 0 Å². The highest BCUT2D eigenvalue weighted by Gasteiger charge is 2.11. The van der Waals surface area contributed by atoms with Crippen LogP contribution in [0.2, 0.25) is 5.15 Å². The van der Waals surface area contributed by atoms with Gasteiger partial charge < -0.3 is 11.1 Å². The van der Waals surface area contributed by atoms with Gasteiger partial charge in [0, 0.05) is 6.54 Å². The molecule has 110 valence electrons. The van der Waals surface area contributed by atoms with E-state index < -0.39 is 5.91 Å². The number of carbonyl (C=O) groups is 1. The minimum Gasteiger partial charge on any atom is -0.368 e. The Hall–Kier alpha value is -2.14. The highest BCUT2D eigenvalue weighted by Crippen LogP contribution is 2.16. The zero-order valence-corrected chi connectivity index (χ0v) is 12.7. The summed E-state index contributed by atoms with van der Waals surface area (Å²) in [5.41, 5.74) is 9.33. The number of hydrogen-bond acceptors (Lipinski definition) is 4. The van der Waals surface area contributed by atoms with E-state index in [2.05, 4.69) is 41.5 Å². The molecule has 0 bridgehead atoms. The molecule has 2 aromatic rings. The maximum absolute atomic E-state index is 11.4. The Labute approximate surface area is 128 Å². The molecule has 0 aliphatic carbocycles. The van der Waals surface area contributed by atoms with Crippen LogP contribution in [0, 0.1) is 13.8 Å². The first-order valence-electron chi connectivity index (χ1n) is 6.61. The lowest BCUT2D eigenvalue weighted by Crippen LogP contribution is -2.17. The van der Waals surface area contributed by atoms with Crippen LogP contribution in [-0.4, -0.2) is 22.6 Å². The maximum atomic E-state index is 11.4. The second kappa shape index (κ2) is 6.54. The molecule has 0 spiro atoms. The topological polar surface area (TPSA) is 80.9 Å². The molecule has 21 heavy (non-hydrogen) atoms. The van der Waals surface area contributed by atoms with Gasteiger partial charge in [0.1, 0.15) is 0 Å². The summed E-state index contributed by atoms with van der Waals surface area (Å²) < 4.78 is 0. The fraction of sp³-hybridized carbons (Fsp3) is 0.267. The van der Waals surface area contributed by atoms with E-state index in [1.807, 2.05) is 6.07 Å². The molecule has 0 fully saturated rings. The maximum Gasteiger partial charge on any atom is 0.252 e. The van der Waals surface area contributed by atoms with Gasteiger partial charge >= 0.3 is 0 Å². The lowest BCUT2D eigenvalue weighted by molar-refractivity contribution is 0.100. The molecule has 6 heteroatoms. The molecule has 0 aliphatic rings. The number of hydrogen-bond donors (Lipinski definition) is 2. The van der Waals surface area contributed by atoms with E-state index in [0.717, 1.165) is 6.42 Å². The number of nitrogens with one attached hydrogen (secondary N) is 1. The van der Waals surface area contributed by atoms with Crippen molar-refractivity contribution >= 4 is 23.3 Å². The van der Waals surface area contributed by atoms with Crippen molar-refractivity contribution in [1.82, 2.24) is 10.2 Å². The summed E-state index contributed by atoms with van der Waals surface area (Å²) in [6.07, 6.45) is 0.820. The molecule has 3 N–H and O–H groups in total. The number of nitrogens with zero attached hydrogens (tertiary/aromatic N) is 2. The third kappa shape index (κ3) is 3.70. The van der Waals surface area contributed by atoms with Crippen molar-refractivity contribution < 1.29 is 4.79 Å². The Morgan fingerprint density at radius 2 is 1.95 bits per heavy atom. The van der Waals surface area contributed by atoms with E-state index in [1.54, 1.807) is 0 Å². The Kier molecular flexibility index (Phi) is 4.75. The first kappa shape index (κ1) is 15.3. The van der Waals surface area contributed by atoms with Crippen LogP contribution in [-0.2, 0) is 6.42 Å². The van der Waals surface area contributed by atoms with Crippen molar-refractivity contribution in [2.75, 3.05) is 11.9 Å². The number of aromatic nitrogens is 2. The Morgan fingerprint density at radius 1 is 1.29 bits per heavy atom. The van der Waals surface area contributed by atoms with E-state index in [0.29, 0.717) is 12.4 Å². The van der Waals surface area contributed by atoms with Crippen LogP contribution in [0.15, 0.2) is 24.3 Å². The highest BCUT2D eigenvalue weighted by atomic mass is 35.5. The number of aryl methyl sites for hydroxylation is 2. The molecule has 0 unspecified atom stereocenters. The van der Waals surface area contributed by atoms with Crippen LogP contribution in [0.5, 0.6) is 0 Å². The second-order valence-corrected chi connectivity index (χ2v) is 5.23. The zero-order valence-electron chi connectivity index (χ0n) is 12.0. The van der Waals surface area contributed by atoms with Gasteiger partial charge in [0.15, 0.2) is 11.0 Å². The van der Waals surface area contributed by atoms with Gasteiger partial charge in [0.05, 0.1) is 5.56 Å². The van der Waals surface area contributed by atoms with Crippen LogP contribution in [0.4, 0.5) is 5.82 Å². The molecular weight excluding hydrogens is 288 g/mol. The first-order valence-corrected chi connectivity index (χ1v) is 6.99. The molecule has 1 aromatic carbocycles. The Morgan fingerprint density at radius 3 is 2.57 bits per heavy atom. The summed E-state index contributed by atoms with van der Waals surface area (Å²) in [6.45, 7) is 4.79. The summed E-state index contributed by atoms with van der Waals surface area (Å²) in [7, 11) is 0. The zero-order chi connectivity index (χ0) is 15.4. The molecular formula is C15H17ClN4O. The lowest BCUT2D eigenvalue weighted by atomic mass is 10.0. The molecule has 0 atom stereocenters. The fourth-order valence-electron chi connectivity index (χ4n) is 2.24. The van der Waals surface area contributed by atoms with Crippen molar-refractivity contribution in [3.05, 3.63) is 51.7 Å². The van der Waals surface area contributed by atoms with Crippen molar-refractivity contribution in [2.24, 2.45) is 5.73 Å². The van der Waals surface area contributed by atoms with Crippen LogP contribution in [0.3, 0.4) is 0 Å². The molecule has 0 aliphatic heterocycles. The van der Waals surface area contributed by atoms with E-state index in [1.165, 1.54) is 22.8 Å². The Bertz CT molecular complexity index is 652. The standard InChI is InChI=1S/C15H17ClN4O/c1-9-4-3-5-10(2)11(9)6-7-18-15-12(14(17)21)8-13(16)19-20-15/h3-5,8H,6-7H2,1-2H3,(H2,17,21)(H,18,20). The van der Waals surface area contributed by atoms with Crippen molar-refractivity contribution in [2.45, 2.75) is 20.3 Å². The molecule has 5 nitrogen and oxygen atoms in total. The average Bonchev–Trinajstić information content (AvgIpc) is 2.43. The number of anilines is 1. The van der Waals surface area contributed by atoms with Gasteiger partial charge in [-0.1, -0.05) is 29.8 Å². The molecule has 2 rings (SSSR count). The summed E-state index contributed by atoms with van der Waals surface area (Å²) in [5.74, 6) is -0.223. The molecule has 0 radical (unpaired) electrons. The van der Waals surface area contributed by atoms with Gasteiger partial charge in [-0.05, 0) is 43.0 Å². The summed E-state index contributed by atoms with van der Waals surface area (Å²) in [6, 6.07) is 7.62. The third-order valence-electron chi connectivity index (χ3n) is 3.34. The molecule has 0 saturated carbocycles. The molecule has 1 amide bonds. The third-order valence-corrected chi connectivity index (χ3v) is 3.53. The minimum absolute atomic E-state index is 0.143. The predicted octanol–water partition coefficient (Wildman–Crippen LogP) is 2.50. The number of primary amides is 1. The number of amides is 1. The Balaban J connectivity index is 2.09. The number of benzene rings is 1. The quantitative estimate of drug-likeness (QED) is 0.889. The average molecular weight is 305 g/mol. The molecule has 1 heterocycles. The largest absolute Gasteiger partial charge is 0.368 e. The SMILES string of the molecule is Cc1cccc(C)c1CCNc1nnc(Cl)cc1C(N)=O. The number of carbonyl (C=O) groups excluding carboxylic acids is 1. The van der Waals surface area contributed by atoms with Gasteiger partial charge in [-0.25, -0.2) is 0 Å². The first-order chi connectivity index (χ1) is 9.99. The predicted molar refractivity (Wildman–Crippen MR) is 83.7 cm³/mol. The fourth-order valence-corrected chi connectivity index (χ4v) is 2.38. The smallest absolute Gasteiger partial charge is 0.252 e. The number of halogens is 1. The summed E-state index contributed by atoms with van der Waals surface area (Å²) in [5, 5.41) is 10.8. The molecule has 1 aromatic heterocycles. The summed E-state index contributed by atoms with van der Waals surface area (Å²) >= 11 is 5.72. The van der Waals surface area contributed by atoms with Gasteiger partial charge in [-0.15, -0.1) is 10.2 Å². The van der Waals surface area contributed by atoms with Crippen molar-refractivity contribution in [1.29, 1.82) is 0 Å². The second-order valence-electron chi connectivity index (χ2n) is 4.84.